The van der Waals surface area contributed by atoms with E-state index in [1.54, 1.807) is 0 Å². The molecule has 2 aromatic rings. The van der Waals surface area contributed by atoms with E-state index in [1.165, 1.54) is 17.0 Å². The van der Waals surface area contributed by atoms with Crippen molar-refractivity contribution in [1.29, 1.82) is 0 Å². The molecule has 2 N–H and O–H groups in total. The summed E-state index contributed by atoms with van der Waals surface area (Å²) < 4.78 is 0. The molecule has 2 heterocycles. The fourth-order valence-electron chi connectivity index (χ4n) is 3.03. The Kier molecular flexibility index (Phi) is 6.78. The largest absolute Gasteiger partial charge is 0.369 e. The van der Waals surface area contributed by atoms with Gasteiger partial charge < -0.3 is 4.90 Å². The number of rotatable bonds is 6. The van der Waals surface area contributed by atoms with Crippen LogP contribution in [0.3, 0.4) is 0 Å². The van der Waals surface area contributed by atoms with Crippen LogP contribution in [0.15, 0.2) is 35.7 Å². The highest BCUT2D eigenvalue weighted by Crippen LogP contribution is 2.15. The molecule has 1 fully saturated rings. The Balaban J connectivity index is 1.31. The van der Waals surface area contributed by atoms with Crippen LogP contribution in [0.2, 0.25) is 0 Å². The third-order valence-corrected chi connectivity index (χ3v) is 5.32. The minimum absolute atomic E-state index is 0.173. The van der Waals surface area contributed by atoms with Crippen LogP contribution in [0.4, 0.5) is 5.69 Å². The van der Waals surface area contributed by atoms with Gasteiger partial charge in [-0.1, -0.05) is 18.2 Å². The van der Waals surface area contributed by atoms with Crippen molar-refractivity contribution in [3.8, 4) is 0 Å². The molecule has 0 aliphatic carbocycles. The average molecular weight is 388 g/mol. The van der Waals surface area contributed by atoms with Crippen molar-refractivity contribution >= 4 is 28.8 Å². The normalized spacial score (nSPS) is 14.8. The number of nitrogens with zero attached hydrogens (tertiary/aromatic N) is 3. The monoisotopic (exact) mass is 387 g/mol. The van der Waals surface area contributed by atoms with E-state index in [-0.39, 0.29) is 18.2 Å². The third-order valence-electron chi connectivity index (χ3n) is 4.50. The topological polar surface area (TPSA) is 77.6 Å². The van der Waals surface area contributed by atoms with Gasteiger partial charge in [0.25, 0.3) is 0 Å². The highest BCUT2D eigenvalue weighted by molar-refractivity contribution is 7.09. The maximum absolute atomic E-state index is 12.0. The molecule has 1 saturated heterocycles. The number of anilines is 1. The van der Waals surface area contributed by atoms with Crippen molar-refractivity contribution in [3.05, 3.63) is 46.4 Å². The number of carbonyl (C=O) groups excluding carboxylic acids is 2. The molecule has 8 heteroatoms. The van der Waals surface area contributed by atoms with Gasteiger partial charge in [-0.25, -0.2) is 4.98 Å². The zero-order valence-corrected chi connectivity index (χ0v) is 16.3. The highest BCUT2D eigenvalue weighted by atomic mass is 32.1. The summed E-state index contributed by atoms with van der Waals surface area (Å²) in [5.41, 5.74) is 6.91. The average Bonchev–Trinajstić information content (AvgIpc) is 3.10. The number of hydrazine groups is 1. The summed E-state index contributed by atoms with van der Waals surface area (Å²) in [7, 11) is 0. The lowest BCUT2D eigenvalue weighted by Gasteiger charge is -2.36. The first-order valence-electron chi connectivity index (χ1n) is 9.11. The van der Waals surface area contributed by atoms with Crippen LogP contribution in [-0.4, -0.2) is 54.4 Å². The van der Waals surface area contributed by atoms with Gasteiger partial charge in [0.15, 0.2) is 0 Å². The summed E-state index contributed by atoms with van der Waals surface area (Å²) >= 11 is 1.51. The molecule has 1 aromatic carbocycles. The number of carbonyl (C=O) groups is 2. The minimum atomic E-state index is -0.259. The van der Waals surface area contributed by atoms with Gasteiger partial charge in [0.05, 0.1) is 17.1 Å². The Morgan fingerprint density at radius 1 is 1.07 bits per heavy atom. The van der Waals surface area contributed by atoms with Gasteiger partial charge in [-0.05, 0) is 19.1 Å². The summed E-state index contributed by atoms with van der Waals surface area (Å²) in [5, 5.41) is 2.78. The van der Waals surface area contributed by atoms with Crippen molar-refractivity contribution in [3.63, 3.8) is 0 Å². The van der Waals surface area contributed by atoms with Crippen LogP contribution >= 0.6 is 11.3 Å². The lowest BCUT2D eigenvalue weighted by atomic mass is 10.2. The number of hydrogen-bond acceptors (Lipinski definition) is 6. The second-order valence-corrected chi connectivity index (χ2v) is 7.61. The quantitative estimate of drug-likeness (QED) is 0.732. The van der Waals surface area contributed by atoms with Crippen LogP contribution in [0.25, 0.3) is 0 Å². The highest BCUT2D eigenvalue weighted by Gasteiger charge is 2.17. The molecule has 0 atom stereocenters. The molecule has 1 aliphatic heterocycles. The molecule has 0 radical (unpaired) electrons. The van der Waals surface area contributed by atoms with Gasteiger partial charge in [0.2, 0.25) is 11.8 Å². The number of aromatic nitrogens is 1. The first kappa shape index (κ1) is 19.3. The second-order valence-electron chi connectivity index (χ2n) is 6.55. The summed E-state index contributed by atoms with van der Waals surface area (Å²) in [4.78, 5) is 32.7. The van der Waals surface area contributed by atoms with Crippen LogP contribution in [0.5, 0.6) is 0 Å². The number of nitrogens with one attached hydrogen (secondary N) is 2. The molecule has 7 nitrogen and oxygen atoms in total. The SMILES string of the molecule is Cc1nc(CC(=O)NNC(=O)CCN2CCN(c3ccccc3)CC2)cs1. The molecule has 1 aliphatic rings. The van der Waals surface area contributed by atoms with Crippen molar-refractivity contribution in [2.45, 2.75) is 19.8 Å². The van der Waals surface area contributed by atoms with E-state index in [0.717, 1.165) is 36.9 Å². The van der Waals surface area contributed by atoms with Crippen molar-refractivity contribution in [2.75, 3.05) is 37.6 Å². The van der Waals surface area contributed by atoms with E-state index in [2.05, 4.69) is 49.9 Å². The number of piperazine rings is 1. The Labute approximate surface area is 163 Å². The van der Waals surface area contributed by atoms with Gasteiger partial charge in [-0.2, -0.15) is 0 Å². The van der Waals surface area contributed by atoms with Gasteiger partial charge in [0.1, 0.15) is 0 Å². The van der Waals surface area contributed by atoms with E-state index in [9.17, 15) is 9.59 Å². The van der Waals surface area contributed by atoms with Gasteiger partial charge >= 0.3 is 0 Å². The van der Waals surface area contributed by atoms with Crippen LogP contribution in [-0.2, 0) is 16.0 Å². The van der Waals surface area contributed by atoms with E-state index < -0.39 is 0 Å². The standard InChI is InChI=1S/C19H25N5O2S/c1-15-20-16(14-27-15)13-19(26)22-21-18(25)7-8-23-9-11-24(12-10-23)17-5-3-2-4-6-17/h2-6,14H,7-13H2,1H3,(H,21,25)(H,22,26). The first-order valence-corrected chi connectivity index (χ1v) is 9.99. The van der Waals surface area contributed by atoms with E-state index in [1.807, 2.05) is 18.4 Å². The third kappa shape index (κ3) is 6.04. The molecule has 27 heavy (non-hydrogen) atoms. The summed E-state index contributed by atoms with van der Waals surface area (Å²) in [6.45, 7) is 6.35. The van der Waals surface area contributed by atoms with E-state index in [4.69, 9.17) is 0 Å². The maximum Gasteiger partial charge on any atom is 0.244 e. The predicted octanol–water partition coefficient (Wildman–Crippen LogP) is 1.35. The summed E-state index contributed by atoms with van der Waals surface area (Å²) in [6.07, 6.45) is 0.535. The fourth-order valence-corrected chi connectivity index (χ4v) is 3.64. The second kappa shape index (κ2) is 9.48. The van der Waals surface area contributed by atoms with Crippen LogP contribution < -0.4 is 15.8 Å². The molecular formula is C19H25N5O2S. The van der Waals surface area contributed by atoms with Crippen molar-refractivity contribution in [2.24, 2.45) is 0 Å². The van der Waals surface area contributed by atoms with Crippen molar-refractivity contribution < 1.29 is 9.59 Å². The number of para-hydroxylation sites is 1. The zero-order valence-electron chi connectivity index (χ0n) is 15.5. The van der Waals surface area contributed by atoms with E-state index in [0.29, 0.717) is 13.0 Å². The Morgan fingerprint density at radius 3 is 2.44 bits per heavy atom. The Bertz CT molecular complexity index is 756. The minimum Gasteiger partial charge on any atom is -0.369 e. The molecule has 1 aromatic heterocycles. The number of benzene rings is 1. The molecule has 0 spiro atoms. The number of aryl methyl sites for hydroxylation is 1. The number of thiazole rings is 1. The molecule has 2 amide bonds. The van der Waals surface area contributed by atoms with Gasteiger partial charge in [0, 0.05) is 50.2 Å². The Morgan fingerprint density at radius 2 is 1.78 bits per heavy atom. The fraction of sp³-hybridized carbons (Fsp3) is 0.421. The lowest BCUT2D eigenvalue weighted by Crippen LogP contribution is -2.48. The summed E-state index contributed by atoms with van der Waals surface area (Å²) in [5.74, 6) is -0.437. The number of amides is 2. The van der Waals surface area contributed by atoms with Gasteiger partial charge in [-0.15, -0.1) is 11.3 Å². The molecule has 0 saturated carbocycles. The van der Waals surface area contributed by atoms with Crippen LogP contribution in [0, 0.1) is 6.92 Å². The lowest BCUT2D eigenvalue weighted by molar-refractivity contribution is -0.128. The van der Waals surface area contributed by atoms with Crippen molar-refractivity contribution in [1.82, 2.24) is 20.7 Å². The van der Waals surface area contributed by atoms with E-state index >= 15 is 0 Å². The summed E-state index contributed by atoms with van der Waals surface area (Å²) in [6, 6.07) is 10.4. The molecule has 144 valence electrons. The molecule has 0 unspecified atom stereocenters. The number of hydrogen-bond donors (Lipinski definition) is 2. The predicted molar refractivity (Wildman–Crippen MR) is 107 cm³/mol. The smallest absolute Gasteiger partial charge is 0.244 e. The first-order chi connectivity index (χ1) is 13.1. The molecular weight excluding hydrogens is 362 g/mol. The maximum atomic E-state index is 12.0. The zero-order chi connectivity index (χ0) is 19.1. The molecule has 0 bridgehead atoms. The molecule has 3 rings (SSSR count). The van der Waals surface area contributed by atoms with Gasteiger partial charge in [-0.3, -0.25) is 25.3 Å². The van der Waals surface area contributed by atoms with Crippen LogP contribution in [0.1, 0.15) is 17.1 Å². The Hall–Kier alpha value is -2.45.